The molecule has 1 unspecified atom stereocenters. The summed E-state index contributed by atoms with van der Waals surface area (Å²) in [5.74, 6) is 0.0409. The second-order valence-electron chi connectivity index (χ2n) is 3.33. The Morgan fingerprint density at radius 1 is 1.50 bits per heavy atom. The highest BCUT2D eigenvalue weighted by Crippen LogP contribution is 2.22. The minimum atomic E-state index is -0.819. The van der Waals surface area contributed by atoms with Gasteiger partial charge in [-0.1, -0.05) is 15.9 Å². The molecule has 0 saturated carbocycles. The molecule has 0 saturated heterocycles. The number of nitrogens with one attached hydrogen (secondary N) is 1. The lowest BCUT2D eigenvalue weighted by Crippen LogP contribution is -2.04. The molecule has 1 aromatic carbocycles. The molecule has 2 aromatic rings. The number of hydrogen-bond donors (Lipinski definition) is 2. The highest BCUT2D eigenvalue weighted by molar-refractivity contribution is 9.10. The van der Waals surface area contributed by atoms with Gasteiger partial charge in [0.1, 0.15) is 18.2 Å². The van der Waals surface area contributed by atoms with E-state index in [1.54, 1.807) is 6.07 Å². The number of rotatable bonds is 3. The average molecular weight is 286 g/mol. The molecular weight excluding hydrogens is 277 g/mol. The van der Waals surface area contributed by atoms with Crippen LogP contribution in [-0.2, 0) is 6.42 Å². The largest absolute Gasteiger partial charge is 0.385 e. The molecule has 2 rings (SSSR count). The Kier molecular flexibility index (Phi) is 3.31. The van der Waals surface area contributed by atoms with E-state index in [9.17, 15) is 9.50 Å². The van der Waals surface area contributed by atoms with Crippen LogP contribution in [0.15, 0.2) is 29.0 Å². The van der Waals surface area contributed by atoms with Crippen LogP contribution in [0.25, 0.3) is 0 Å². The van der Waals surface area contributed by atoms with Gasteiger partial charge in [0.25, 0.3) is 0 Å². The highest BCUT2D eigenvalue weighted by atomic mass is 79.9. The highest BCUT2D eigenvalue weighted by Gasteiger charge is 2.13. The molecule has 1 atom stereocenters. The average Bonchev–Trinajstić information content (AvgIpc) is 2.76. The fourth-order valence-electron chi connectivity index (χ4n) is 1.38. The number of aromatic nitrogens is 3. The molecule has 0 spiro atoms. The standard InChI is InChI=1S/C10H9BrFN3O/c11-8-2-1-7(12)3-6(8)4-9(16)10-13-5-14-15-10/h1-3,5,9,16H,4H2,(H,13,14,15). The van der Waals surface area contributed by atoms with Gasteiger partial charge in [0, 0.05) is 10.9 Å². The van der Waals surface area contributed by atoms with E-state index >= 15 is 0 Å². The Morgan fingerprint density at radius 2 is 2.31 bits per heavy atom. The minimum absolute atomic E-state index is 0.271. The van der Waals surface area contributed by atoms with Crippen LogP contribution in [0, 0.1) is 5.82 Å². The lowest BCUT2D eigenvalue weighted by molar-refractivity contribution is 0.168. The summed E-state index contributed by atoms with van der Waals surface area (Å²) in [6.45, 7) is 0. The summed E-state index contributed by atoms with van der Waals surface area (Å²) in [6, 6.07) is 4.34. The Bertz CT molecular complexity index is 475. The molecular formula is C10H9BrFN3O. The molecule has 0 aliphatic carbocycles. The second kappa shape index (κ2) is 4.71. The third-order valence-corrected chi connectivity index (χ3v) is 2.94. The Balaban J connectivity index is 2.17. The van der Waals surface area contributed by atoms with Crippen molar-refractivity contribution in [3.05, 3.63) is 46.2 Å². The molecule has 4 nitrogen and oxygen atoms in total. The summed E-state index contributed by atoms with van der Waals surface area (Å²) < 4.78 is 13.8. The van der Waals surface area contributed by atoms with Gasteiger partial charge in [0.05, 0.1) is 0 Å². The van der Waals surface area contributed by atoms with E-state index in [4.69, 9.17) is 0 Å². The molecule has 84 valence electrons. The molecule has 2 N–H and O–H groups in total. The number of nitrogens with zero attached hydrogens (tertiary/aromatic N) is 2. The van der Waals surface area contributed by atoms with Gasteiger partial charge in [-0.15, -0.1) is 0 Å². The fraction of sp³-hybridized carbons (Fsp3) is 0.200. The van der Waals surface area contributed by atoms with Crippen LogP contribution in [0.3, 0.4) is 0 Å². The third-order valence-electron chi connectivity index (χ3n) is 2.17. The number of hydrogen-bond acceptors (Lipinski definition) is 3. The molecule has 1 heterocycles. The van der Waals surface area contributed by atoms with Gasteiger partial charge >= 0.3 is 0 Å². The maximum atomic E-state index is 13.0. The van der Waals surface area contributed by atoms with Crippen molar-refractivity contribution in [3.8, 4) is 0 Å². The van der Waals surface area contributed by atoms with Gasteiger partial charge in [-0.3, -0.25) is 5.10 Å². The molecule has 0 fully saturated rings. The first-order valence-electron chi connectivity index (χ1n) is 4.64. The Hall–Kier alpha value is -1.27. The number of aliphatic hydroxyl groups is 1. The maximum absolute atomic E-state index is 13.0. The van der Waals surface area contributed by atoms with Gasteiger partial charge in [0.2, 0.25) is 0 Å². The monoisotopic (exact) mass is 285 g/mol. The van der Waals surface area contributed by atoms with Crippen LogP contribution in [-0.4, -0.2) is 20.3 Å². The Labute approximate surface area is 99.7 Å². The van der Waals surface area contributed by atoms with Gasteiger partial charge in [-0.2, -0.15) is 5.10 Å². The lowest BCUT2D eigenvalue weighted by Gasteiger charge is -2.09. The molecule has 0 aliphatic rings. The van der Waals surface area contributed by atoms with Crippen molar-refractivity contribution in [1.29, 1.82) is 0 Å². The lowest BCUT2D eigenvalue weighted by atomic mass is 10.1. The van der Waals surface area contributed by atoms with Crippen LogP contribution >= 0.6 is 15.9 Å². The van der Waals surface area contributed by atoms with Crippen molar-refractivity contribution >= 4 is 15.9 Å². The van der Waals surface area contributed by atoms with E-state index in [0.717, 1.165) is 4.47 Å². The van der Waals surface area contributed by atoms with Crippen LogP contribution in [0.5, 0.6) is 0 Å². The predicted molar refractivity (Wildman–Crippen MR) is 59.1 cm³/mol. The topological polar surface area (TPSA) is 61.8 Å². The summed E-state index contributed by atoms with van der Waals surface area (Å²) >= 11 is 3.30. The summed E-state index contributed by atoms with van der Waals surface area (Å²) in [5.41, 5.74) is 0.684. The molecule has 0 amide bonds. The van der Waals surface area contributed by atoms with Crippen molar-refractivity contribution in [2.75, 3.05) is 0 Å². The number of aromatic amines is 1. The summed E-state index contributed by atoms with van der Waals surface area (Å²) in [5, 5.41) is 16.0. The predicted octanol–water partition coefficient (Wildman–Crippen LogP) is 1.98. The smallest absolute Gasteiger partial charge is 0.153 e. The summed E-state index contributed by atoms with van der Waals surface area (Å²) in [6.07, 6.45) is 0.771. The van der Waals surface area contributed by atoms with E-state index in [0.29, 0.717) is 11.4 Å². The van der Waals surface area contributed by atoms with Crippen LogP contribution in [0.4, 0.5) is 4.39 Å². The molecule has 6 heteroatoms. The molecule has 16 heavy (non-hydrogen) atoms. The van der Waals surface area contributed by atoms with Gasteiger partial charge in [-0.25, -0.2) is 9.37 Å². The van der Waals surface area contributed by atoms with Gasteiger partial charge in [-0.05, 0) is 23.8 Å². The van der Waals surface area contributed by atoms with E-state index < -0.39 is 6.10 Å². The zero-order valence-corrected chi connectivity index (χ0v) is 9.78. The zero-order chi connectivity index (χ0) is 11.5. The zero-order valence-electron chi connectivity index (χ0n) is 8.19. The Morgan fingerprint density at radius 3 is 3.00 bits per heavy atom. The van der Waals surface area contributed by atoms with E-state index in [1.807, 2.05) is 0 Å². The quantitative estimate of drug-likeness (QED) is 0.907. The van der Waals surface area contributed by atoms with Crippen molar-refractivity contribution < 1.29 is 9.50 Å². The van der Waals surface area contributed by atoms with Crippen molar-refractivity contribution in [2.45, 2.75) is 12.5 Å². The maximum Gasteiger partial charge on any atom is 0.153 e. The van der Waals surface area contributed by atoms with Gasteiger partial charge < -0.3 is 5.11 Å². The number of H-pyrrole nitrogens is 1. The molecule has 1 aromatic heterocycles. The van der Waals surface area contributed by atoms with E-state index in [-0.39, 0.29) is 12.2 Å². The van der Waals surface area contributed by atoms with Crippen molar-refractivity contribution in [3.63, 3.8) is 0 Å². The van der Waals surface area contributed by atoms with Crippen molar-refractivity contribution in [1.82, 2.24) is 15.2 Å². The minimum Gasteiger partial charge on any atom is -0.385 e. The first-order chi connectivity index (χ1) is 7.66. The molecule has 0 bridgehead atoms. The van der Waals surface area contributed by atoms with E-state index in [2.05, 4.69) is 31.1 Å². The summed E-state index contributed by atoms with van der Waals surface area (Å²) in [4.78, 5) is 3.84. The SMILES string of the molecule is OC(Cc1cc(F)ccc1Br)c1ncn[nH]1. The van der Waals surface area contributed by atoms with Crippen LogP contribution in [0.1, 0.15) is 17.5 Å². The first kappa shape index (κ1) is 11.2. The van der Waals surface area contributed by atoms with Gasteiger partial charge in [0.15, 0.2) is 5.82 Å². The molecule has 0 aliphatic heterocycles. The molecule has 0 radical (unpaired) electrons. The fourth-order valence-corrected chi connectivity index (χ4v) is 1.79. The second-order valence-corrected chi connectivity index (χ2v) is 4.18. The first-order valence-corrected chi connectivity index (χ1v) is 5.43. The number of halogens is 2. The van der Waals surface area contributed by atoms with Crippen LogP contribution in [0.2, 0.25) is 0 Å². The van der Waals surface area contributed by atoms with Crippen LogP contribution < -0.4 is 0 Å². The summed E-state index contributed by atoms with van der Waals surface area (Å²) in [7, 11) is 0. The third kappa shape index (κ3) is 2.45. The normalized spacial score (nSPS) is 12.7. The van der Waals surface area contributed by atoms with Crippen molar-refractivity contribution in [2.24, 2.45) is 0 Å². The number of benzene rings is 1. The number of aliphatic hydroxyl groups excluding tert-OH is 1. The van der Waals surface area contributed by atoms with E-state index in [1.165, 1.54) is 18.5 Å².